The molecule has 0 saturated carbocycles. The zero-order valence-corrected chi connectivity index (χ0v) is 10.8. The van der Waals surface area contributed by atoms with Gasteiger partial charge in [-0.05, 0) is 13.1 Å². The van der Waals surface area contributed by atoms with Gasteiger partial charge < -0.3 is 9.47 Å². The number of nitrogens with zero attached hydrogens (tertiary/aromatic N) is 1. The summed E-state index contributed by atoms with van der Waals surface area (Å²) in [7, 11) is 1.67. The number of benzene rings is 1. The summed E-state index contributed by atoms with van der Waals surface area (Å²) >= 11 is 0. The normalized spacial score (nSPS) is 19.2. The van der Waals surface area contributed by atoms with Crippen LogP contribution >= 0.6 is 0 Å². The standard InChI is InChI=1S/C13H14F3NO3/c1-17(10-6-7-19-12(10)18)8-9-4-2-3-5-11(9)20-13(14,15)16/h2-5,10H,6-8H2,1H3/t10-/m1/s1. The third kappa shape index (κ3) is 3.63. The van der Waals surface area contributed by atoms with Gasteiger partial charge in [0.25, 0.3) is 0 Å². The lowest BCUT2D eigenvalue weighted by Gasteiger charge is -2.22. The van der Waals surface area contributed by atoms with Gasteiger partial charge in [0.05, 0.1) is 6.61 Å². The van der Waals surface area contributed by atoms with Crippen LogP contribution in [-0.4, -0.2) is 36.9 Å². The van der Waals surface area contributed by atoms with Crippen molar-refractivity contribution in [3.8, 4) is 5.75 Å². The fourth-order valence-electron chi connectivity index (χ4n) is 2.12. The Morgan fingerprint density at radius 2 is 2.10 bits per heavy atom. The summed E-state index contributed by atoms with van der Waals surface area (Å²) in [6.45, 7) is 0.514. The molecule has 0 aliphatic carbocycles. The van der Waals surface area contributed by atoms with Crippen molar-refractivity contribution in [1.82, 2.24) is 4.90 Å². The van der Waals surface area contributed by atoms with E-state index in [9.17, 15) is 18.0 Å². The number of hydrogen-bond acceptors (Lipinski definition) is 4. The third-order valence-corrected chi connectivity index (χ3v) is 3.06. The van der Waals surface area contributed by atoms with Crippen molar-refractivity contribution in [2.45, 2.75) is 25.4 Å². The molecule has 0 radical (unpaired) electrons. The van der Waals surface area contributed by atoms with E-state index in [1.807, 2.05) is 0 Å². The predicted molar refractivity (Wildman–Crippen MR) is 64.0 cm³/mol. The first-order chi connectivity index (χ1) is 9.37. The Kier molecular flexibility index (Phi) is 4.17. The summed E-state index contributed by atoms with van der Waals surface area (Å²) in [5, 5.41) is 0. The van der Waals surface area contributed by atoms with Crippen LogP contribution in [0.5, 0.6) is 5.75 Å². The number of cyclic esters (lactones) is 1. The molecule has 0 amide bonds. The first-order valence-electron chi connectivity index (χ1n) is 6.07. The van der Waals surface area contributed by atoms with Gasteiger partial charge in [0.2, 0.25) is 0 Å². The Morgan fingerprint density at radius 1 is 1.40 bits per heavy atom. The fourth-order valence-corrected chi connectivity index (χ4v) is 2.12. The number of para-hydroxylation sites is 1. The highest BCUT2D eigenvalue weighted by Crippen LogP contribution is 2.27. The van der Waals surface area contributed by atoms with E-state index in [-0.39, 0.29) is 18.3 Å². The van der Waals surface area contributed by atoms with Crippen LogP contribution in [0.25, 0.3) is 0 Å². The molecule has 0 spiro atoms. The zero-order chi connectivity index (χ0) is 14.8. The van der Waals surface area contributed by atoms with Gasteiger partial charge in [-0.25, -0.2) is 0 Å². The van der Waals surface area contributed by atoms with Crippen LogP contribution in [0.2, 0.25) is 0 Å². The number of carbonyl (C=O) groups is 1. The third-order valence-electron chi connectivity index (χ3n) is 3.06. The molecule has 1 heterocycles. The lowest BCUT2D eigenvalue weighted by molar-refractivity contribution is -0.275. The van der Waals surface area contributed by atoms with Crippen LogP contribution in [0.3, 0.4) is 0 Å². The van der Waals surface area contributed by atoms with Crippen molar-refractivity contribution in [3.05, 3.63) is 29.8 Å². The molecule has 7 heteroatoms. The SMILES string of the molecule is CN(Cc1ccccc1OC(F)(F)F)[C@@H]1CCOC1=O. The van der Waals surface area contributed by atoms with Gasteiger partial charge in [0.1, 0.15) is 11.8 Å². The molecule has 4 nitrogen and oxygen atoms in total. The van der Waals surface area contributed by atoms with Crippen LogP contribution in [0, 0.1) is 0 Å². The van der Waals surface area contributed by atoms with Crippen LogP contribution in [-0.2, 0) is 16.1 Å². The van der Waals surface area contributed by atoms with Crippen LogP contribution in [0.4, 0.5) is 13.2 Å². The Balaban J connectivity index is 2.10. The van der Waals surface area contributed by atoms with Gasteiger partial charge >= 0.3 is 12.3 Å². The second-order valence-electron chi connectivity index (χ2n) is 4.54. The smallest absolute Gasteiger partial charge is 0.464 e. The molecule has 0 N–H and O–H groups in total. The molecular formula is C13H14F3NO3. The summed E-state index contributed by atoms with van der Waals surface area (Å²) in [5.41, 5.74) is 0.368. The molecule has 1 saturated heterocycles. The van der Waals surface area contributed by atoms with Crippen LogP contribution in [0.1, 0.15) is 12.0 Å². The summed E-state index contributed by atoms with van der Waals surface area (Å²) in [5.74, 6) is -0.597. The minimum atomic E-state index is -4.74. The molecule has 1 aliphatic heterocycles. The molecule has 20 heavy (non-hydrogen) atoms. The molecule has 2 rings (SSSR count). The van der Waals surface area contributed by atoms with E-state index in [1.54, 1.807) is 18.0 Å². The minimum Gasteiger partial charge on any atom is -0.464 e. The monoisotopic (exact) mass is 289 g/mol. The van der Waals surface area contributed by atoms with Gasteiger partial charge in [-0.15, -0.1) is 13.2 Å². The van der Waals surface area contributed by atoms with E-state index in [4.69, 9.17) is 4.74 Å². The van der Waals surface area contributed by atoms with Gasteiger partial charge in [-0.2, -0.15) is 0 Å². The molecule has 1 aromatic carbocycles. The minimum absolute atomic E-state index is 0.173. The second kappa shape index (κ2) is 5.70. The van der Waals surface area contributed by atoms with Crippen molar-refractivity contribution in [2.75, 3.05) is 13.7 Å². The van der Waals surface area contributed by atoms with E-state index >= 15 is 0 Å². The number of hydrogen-bond donors (Lipinski definition) is 0. The van der Waals surface area contributed by atoms with E-state index in [0.717, 1.165) is 0 Å². The van der Waals surface area contributed by atoms with Crippen LogP contribution in [0.15, 0.2) is 24.3 Å². The zero-order valence-electron chi connectivity index (χ0n) is 10.8. The molecule has 0 aromatic heterocycles. The first kappa shape index (κ1) is 14.6. The van der Waals surface area contributed by atoms with Crippen molar-refractivity contribution < 1.29 is 27.4 Å². The number of esters is 1. The average Bonchev–Trinajstić information content (AvgIpc) is 2.76. The molecule has 1 aromatic rings. The number of alkyl halides is 3. The number of carbonyl (C=O) groups excluding carboxylic acids is 1. The summed E-state index contributed by atoms with van der Waals surface area (Å²) in [4.78, 5) is 13.1. The van der Waals surface area contributed by atoms with Crippen LogP contribution < -0.4 is 4.74 Å². The maximum Gasteiger partial charge on any atom is 0.573 e. The summed E-state index contributed by atoms with van der Waals surface area (Å²) in [6, 6.07) is 5.46. The summed E-state index contributed by atoms with van der Waals surface area (Å²) < 4.78 is 45.8. The van der Waals surface area contributed by atoms with Gasteiger partial charge in [0, 0.05) is 18.5 Å². The first-order valence-corrected chi connectivity index (χ1v) is 6.07. The number of rotatable bonds is 4. The molecule has 1 atom stereocenters. The van der Waals surface area contributed by atoms with Gasteiger partial charge in [0.15, 0.2) is 0 Å². The van der Waals surface area contributed by atoms with Crippen molar-refractivity contribution in [2.24, 2.45) is 0 Å². The highest BCUT2D eigenvalue weighted by atomic mass is 19.4. The molecule has 1 fully saturated rings. The molecule has 0 unspecified atom stereocenters. The molecule has 1 aliphatic rings. The van der Waals surface area contributed by atoms with Crippen molar-refractivity contribution in [1.29, 1.82) is 0 Å². The second-order valence-corrected chi connectivity index (χ2v) is 4.54. The number of ether oxygens (including phenoxy) is 2. The highest BCUT2D eigenvalue weighted by molar-refractivity contribution is 5.77. The van der Waals surface area contributed by atoms with Gasteiger partial charge in [-0.3, -0.25) is 9.69 Å². The van der Waals surface area contributed by atoms with E-state index in [1.165, 1.54) is 18.2 Å². The number of likely N-dealkylation sites (N-methyl/N-ethyl adjacent to an activating group) is 1. The Labute approximate surface area is 114 Å². The summed E-state index contributed by atoms with van der Waals surface area (Å²) in [6.07, 6.45) is -4.20. The average molecular weight is 289 g/mol. The molecule has 0 bridgehead atoms. The van der Waals surface area contributed by atoms with Crippen molar-refractivity contribution >= 4 is 5.97 Å². The quantitative estimate of drug-likeness (QED) is 0.798. The van der Waals surface area contributed by atoms with E-state index < -0.39 is 12.4 Å². The van der Waals surface area contributed by atoms with E-state index in [2.05, 4.69) is 4.74 Å². The Bertz CT molecular complexity index is 490. The lowest BCUT2D eigenvalue weighted by Crippen LogP contribution is -2.35. The highest BCUT2D eigenvalue weighted by Gasteiger charge is 2.33. The fraction of sp³-hybridized carbons (Fsp3) is 0.462. The van der Waals surface area contributed by atoms with Gasteiger partial charge in [-0.1, -0.05) is 18.2 Å². The Hall–Kier alpha value is -1.76. The topological polar surface area (TPSA) is 38.8 Å². The lowest BCUT2D eigenvalue weighted by atomic mass is 10.1. The Morgan fingerprint density at radius 3 is 2.70 bits per heavy atom. The maximum atomic E-state index is 12.3. The number of halogens is 3. The molecular weight excluding hydrogens is 275 g/mol. The maximum absolute atomic E-state index is 12.3. The predicted octanol–water partition coefficient (Wildman–Crippen LogP) is 2.33. The largest absolute Gasteiger partial charge is 0.573 e. The molecule has 110 valence electrons. The van der Waals surface area contributed by atoms with E-state index in [0.29, 0.717) is 18.6 Å². The van der Waals surface area contributed by atoms with Crippen molar-refractivity contribution in [3.63, 3.8) is 0 Å².